The van der Waals surface area contributed by atoms with Crippen molar-refractivity contribution >= 4 is 0 Å². The van der Waals surface area contributed by atoms with Crippen LogP contribution in [0.25, 0.3) is 0 Å². The molecule has 3 fully saturated rings. The van der Waals surface area contributed by atoms with Crippen LogP contribution in [0.4, 0.5) is 4.39 Å². The molecule has 10 heavy (non-hydrogen) atoms. The van der Waals surface area contributed by atoms with Crippen LogP contribution in [-0.4, -0.2) is 6.17 Å². The van der Waals surface area contributed by atoms with Gasteiger partial charge in [0, 0.05) is 0 Å². The minimum absolute atomic E-state index is 0.475. The Bertz CT molecular complexity index is 137. The third-order valence-corrected chi connectivity index (χ3v) is 3.75. The highest BCUT2D eigenvalue weighted by atomic mass is 19.1. The summed E-state index contributed by atoms with van der Waals surface area (Å²) in [4.78, 5) is 0. The summed E-state index contributed by atoms with van der Waals surface area (Å²) in [5, 5.41) is 0. The van der Waals surface area contributed by atoms with Gasteiger partial charge in [0.25, 0.3) is 0 Å². The molecule has 0 heterocycles. The number of fused-ring (bicyclic) bond motifs is 2. The highest BCUT2D eigenvalue weighted by Crippen LogP contribution is 2.59. The van der Waals surface area contributed by atoms with E-state index < -0.39 is 6.17 Å². The molecule has 0 aliphatic heterocycles. The molecular formula is C9H15F. The van der Waals surface area contributed by atoms with Crippen molar-refractivity contribution in [1.29, 1.82) is 0 Å². The Morgan fingerprint density at radius 2 is 1.60 bits per heavy atom. The molecule has 0 amide bonds. The molecule has 0 N–H and O–H groups in total. The molecule has 0 aromatic rings. The molecule has 2 bridgehead atoms. The van der Waals surface area contributed by atoms with E-state index in [1.165, 1.54) is 6.42 Å². The van der Waals surface area contributed by atoms with E-state index in [9.17, 15) is 4.39 Å². The molecule has 0 aromatic heterocycles. The van der Waals surface area contributed by atoms with Crippen LogP contribution in [0, 0.1) is 17.3 Å². The minimum Gasteiger partial charge on any atom is -0.247 e. The maximum absolute atomic E-state index is 12.8. The average Bonchev–Trinajstić information content (AvgIpc) is 1.87. The number of hydrogen-bond acceptors (Lipinski definition) is 0. The van der Waals surface area contributed by atoms with Gasteiger partial charge in [-0.1, -0.05) is 13.8 Å². The Labute approximate surface area is 61.8 Å². The SMILES string of the molecule is CC1(C)C2CC(F)CC1C2. The molecule has 1 heteroatoms. The van der Waals surface area contributed by atoms with Crippen molar-refractivity contribution in [2.24, 2.45) is 17.3 Å². The fraction of sp³-hybridized carbons (Fsp3) is 1.00. The molecule has 0 nitrogen and oxygen atoms in total. The normalized spacial score (nSPS) is 50.1. The van der Waals surface area contributed by atoms with Crippen LogP contribution >= 0.6 is 0 Å². The van der Waals surface area contributed by atoms with Crippen molar-refractivity contribution in [2.75, 3.05) is 0 Å². The van der Waals surface area contributed by atoms with E-state index in [1.54, 1.807) is 0 Å². The molecule has 58 valence electrons. The summed E-state index contributed by atoms with van der Waals surface area (Å²) in [5.74, 6) is 1.39. The first-order chi connectivity index (χ1) is 4.60. The summed E-state index contributed by atoms with van der Waals surface area (Å²) in [6.45, 7) is 4.58. The lowest BCUT2D eigenvalue weighted by Gasteiger charge is -2.57. The monoisotopic (exact) mass is 142 g/mol. The third kappa shape index (κ3) is 0.665. The topological polar surface area (TPSA) is 0 Å². The number of rotatable bonds is 0. The molecule has 2 atom stereocenters. The minimum atomic E-state index is -0.475. The van der Waals surface area contributed by atoms with Gasteiger partial charge in [0.15, 0.2) is 0 Å². The third-order valence-electron chi connectivity index (χ3n) is 3.75. The van der Waals surface area contributed by atoms with Crippen molar-refractivity contribution in [1.82, 2.24) is 0 Å². The predicted octanol–water partition coefficient (Wildman–Crippen LogP) is 2.78. The van der Waals surface area contributed by atoms with Gasteiger partial charge in [0.2, 0.25) is 0 Å². The van der Waals surface area contributed by atoms with Gasteiger partial charge in [-0.2, -0.15) is 0 Å². The van der Waals surface area contributed by atoms with E-state index in [0.717, 1.165) is 12.8 Å². The van der Waals surface area contributed by atoms with Crippen LogP contribution in [0.1, 0.15) is 33.1 Å². The second kappa shape index (κ2) is 1.75. The van der Waals surface area contributed by atoms with Crippen LogP contribution in [-0.2, 0) is 0 Å². The van der Waals surface area contributed by atoms with Gasteiger partial charge in [-0.3, -0.25) is 0 Å². The summed E-state index contributed by atoms with van der Waals surface area (Å²) >= 11 is 0. The molecule has 0 radical (unpaired) electrons. The van der Waals surface area contributed by atoms with Crippen LogP contribution in [0.3, 0.4) is 0 Å². The largest absolute Gasteiger partial charge is 0.247 e. The summed E-state index contributed by atoms with van der Waals surface area (Å²) in [7, 11) is 0. The molecule has 0 aromatic carbocycles. The zero-order valence-corrected chi connectivity index (χ0v) is 6.73. The van der Waals surface area contributed by atoms with Gasteiger partial charge < -0.3 is 0 Å². The average molecular weight is 142 g/mol. The van der Waals surface area contributed by atoms with E-state index in [-0.39, 0.29) is 0 Å². The summed E-state index contributed by atoms with van der Waals surface area (Å²) in [6, 6.07) is 0. The van der Waals surface area contributed by atoms with Gasteiger partial charge in [-0.05, 0) is 36.5 Å². The molecule has 3 rings (SSSR count). The molecule has 3 aliphatic carbocycles. The van der Waals surface area contributed by atoms with Gasteiger partial charge in [-0.25, -0.2) is 4.39 Å². The Balaban J connectivity index is 2.10. The number of halogens is 1. The smallest absolute Gasteiger partial charge is 0.101 e. The summed E-state index contributed by atoms with van der Waals surface area (Å²) in [5.41, 5.74) is 0.475. The van der Waals surface area contributed by atoms with Crippen LogP contribution in [0.15, 0.2) is 0 Å². The fourth-order valence-corrected chi connectivity index (χ4v) is 2.64. The number of hydrogen-bond donors (Lipinski definition) is 0. The highest BCUT2D eigenvalue weighted by molar-refractivity contribution is 5.02. The summed E-state index contributed by atoms with van der Waals surface area (Å²) < 4.78 is 12.8. The quantitative estimate of drug-likeness (QED) is 0.488. The molecular weight excluding hydrogens is 127 g/mol. The predicted molar refractivity (Wildman–Crippen MR) is 39.5 cm³/mol. The van der Waals surface area contributed by atoms with Gasteiger partial charge in [-0.15, -0.1) is 0 Å². The Kier molecular flexibility index (Phi) is 1.16. The first kappa shape index (κ1) is 6.63. The fourth-order valence-electron chi connectivity index (χ4n) is 2.64. The highest BCUT2D eigenvalue weighted by Gasteiger charge is 2.52. The van der Waals surface area contributed by atoms with E-state index >= 15 is 0 Å². The first-order valence-corrected chi connectivity index (χ1v) is 4.25. The zero-order valence-electron chi connectivity index (χ0n) is 6.73. The van der Waals surface area contributed by atoms with E-state index in [1.807, 2.05) is 0 Å². The van der Waals surface area contributed by atoms with Crippen molar-refractivity contribution in [3.63, 3.8) is 0 Å². The lowest BCUT2D eigenvalue weighted by atomic mass is 9.48. The molecule has 0 spiro atoms. The lowest BCUT2D eigenvalue weighted by molar-refractivity contribution is -0.0956. The molecule has 2 unspecified atom stereocenters. The van der Waals surface area contributed by atoms with E-state index in [0.29, 0.717) is 17.3 Å². The maximum Gasteiger partial charge on any atom is 0.101 e. The van der Waals surface area contributed by atoms with Crippen LogP contribution in [0.5, 0.6) is 0 Å². The van der Waals surface area contributed by atoms with Gasteiger partial charge >= 0.3 is 0 Å². The Hall–Kier alpha value is -0.0700. The van der Waals surface area contributed by atoms with Crippen molar-refractivity contribution in [3.8, 4) is 0 Å². The molecule has 0 saturated heterocycles. The second-order valence-corrected chi connectivity index (χ2v) is 4.52. The van der Waals surface area contributed by atoms with Gasteiger partial charge in [0.1, 0.15) is 6.17 Å². The molecule has 3 aliphatic rings. The Morgan fingerprint density at radius 3 is 1.90 bits per heavy atom. The van der Waals surface area contributed by atoms with E-state index in [2.05, 4.69) is 13.8 Å². The summed E-state index contributed by atoms with van der Waals surface area (Å²) in [6.07, 6.45) is 2.50. The molecule has 3 saturated carbocycles. The lowest BCUT2D eigenvalue weighted by Crippen LogP contribution is -2.51. The van der Waals surface area contributed by atoms with Crippen molar-refractivity contribution in [2.45, 2.75) is 39.3 Å². The number of alkyl halides is 1. The van der Waals surface area contributed by atoms with Crippen molar-refractivity contribution < 1.29 is 4.39 Å². The first-order valence-electron chi connectivity index (χ1n) is 4.25. The van der Waals surface area contributed by atoms with Crippen LogP contribution in [0.2, 0.25) is 0 Å². The van der Waals surface area contributed by atoms with Gasteiger partial charge in [0.05, 0.1) is 0 Å². The standard InChI is InChI=1S/C9H15F/c1-9(2)6-3-7(9)5-8(10)4-6/h6-8H,3-5H2,1-2H3. The van der Waals surface area contributed by atoms with E-state index in [4.69, 9.17) is 0 Å². The maximum atomic E-state index is 12.8. The zero-order chi connectivity index (χ0) is 7.35. The Morgan fingerprint density at radius 1 is 1.10 bits per heavy atom. The second-order valence-electron chi connectivity index (χ2n) is 4.52. The van der Waals surface area contributed by atoms with Crippen molar-refractivity contribution in [3.05, 3.63) is 0 Å². The van der Waals surface area contributed by atoms with Crippen LogP contribution < -0.4 is 0 Å².